The van der Waals surface area contributed by atoms with Crippen molar-refractivity contribution in [2.75, 3.05) is 20.1 Å². The second-order valence-electron chi connectivity index (χ2n) is 7.80. The Labute approximate surface area is 166 Å². The minimum absolute atomic E-state index is 0.167. The first-order valence-electron chi connectivity index (χ1n) is 11.0. The van der Waals surface area contributed by atoms with Gasteiger partial charge in [0.2, 0.25) is 0 Å². The van der Waals surface area contributed by atoms with Crippen molar-refractivity contribution in [2.45, 2.75) is 96.2 Å². The molecule has 0 amide bonds. The summed E-state index contributed by atoms with van der Waals surface area (Å²) in [5.74, 6) is -0.167. The summed E-state index contributed by atoms with van der Waals surface area (Å²) in [6.07, 6.45) is 21.7. The zero-order valence-electron chi connectivity index (χ0n) is 17.6. The van der Waals surface area contributed by atoms with Gasteiger partial charge in [-0.1, -0.05) is 63.3 Å². The molecule has 2 atom stereocenters. The van der Waals surface area contributed by atoms with Gasteiger partial charge in [-0.3, -0.25) is 9.69 Å². The number of likely N-dealkylation sites (tertiary alicyclic amines) is 1. The Bertz CT molecular complexity index is 433. The molecule has 1 heterocycles. The molecule has 4 nitrogen and oxygen atoms in total. The van der Waals surface area contributed by atoms with Crippen molar-refractivity contribution < 1.29 is 14.6 Å². The Morgan fingerprint density at radius 2 is 1.59 bits per heavy atom. The standard InChI is InChI=1S/C23H41NO3/c1-3-4-5-6-7-8-9-10-11-12-13-14-15-16-17-18-23(26)27-22-20-24(2)19-21(22)25/h7-8,10-11,21-22,25H,3-6,9,12-20H2,1-2H3/b8-7-,11-10-/t21-,22+/m1/s1. The van der Waals surface area contributed by atoms with Crippen molar-refractivity contribution in [1.29, 1.82) is 0 Å². The van der Waals surface area contributed by atoms with E-state index in [0.717, 1.165) is 25.7 Å². The van der Waals surface area contributed by atoms with Crippen molar-refractivity contribution in [3.63, 3.8) is 0 Å². The van der Waals surface area contributed by atoms with Crippen molar-refractivity contribution >= 4 is 5.97 Å². The lowest BCUT2D eigenvalue weighted by atomic mass is 10.1. The average Bonchev–Trinajstić information content (AvgIpc) is 2.95. The number of hydrogen-bond acceptors (Lipinski definition) is 4. The molecule has 156 valence electrons. The van der Waals surface area contributed by atoms with E-state index in [9.17, 15) is 9.90 Å². The van der Waals surface area contributed by atoms with Gasteiger partial charge in [0.15, 0.2) is 0 Å². The van der Waals surface area contributed by atoms with Crippen LogP contribution in [-0.4, -0.2) is 48.3 Å². The maximum absolute atomic E-state index is 11.8. The minimum atomic E-state index is -0.538. The van der Waals surface area contributed by atoms with Gasteiger partial charge in [-0.2, -0.15) is 0 Å². The van der Waals surface area contributed by atoms with Crippen LogP contribution >= 0.6 is 0 Å². The molecule has 1 fully saturated rings. The fraction of sp³-hybridized carbons (Fsp3) is 0.783. The van der Waals surface area contributed by atoms with Crippen molar-refractivity contribution in [3.05, 3.63) is 24.3 Å². The van der Waals surface area contributed by atoms with E-state index in [1.54, 1.807) is 0 Å². The first kappa shape index (κ1) is 23.9. The molecule has 4 heteroatoms. The summed E-state index contributed by atoms with van der Waals surface area (Å²) in [5, 5.41) is 9.78. The zero-order chi connectivity index (χ0) is 19.7. The van der Waals surface area contributed by atoms with Gasteiger partial charge < -0.3 is 9.84 Å². The number of likely N-dealkylation sites (N-methyl/N-ethyl adjacent to an activating group) is 1. The molecular weight excluding hydrogens is 338 g/mol. The van der Waals surface area contributed by atoms with Crippen LogP contribution in [0.2, 0.25) is 0 Å². The van der Waals surface area contributed by atoms with E-state index in [4.69, 9.17) is 4.74 Å². The third-order valence-electron chi connectivity index (χ3n) is 5.03. The maximum atomic E-state index is 11.8. The number of nitrogens with zero attached hydrogens (tertiary/aromatic N) is 1. The minimum Gasteiger partial charge on any atom is -0.458 e. The fourth-order valence-electron chi connectivity index (χ4n) is 3.36. The van der Waals surface area contributed by atoms with E-state index >= 15 is 0 Å². The number of ether oxygens (including phenoxy) is 1. The number of carbonyl (C=O) groups excluding carboxylic acids is 1. The lowest BCUT2D eigenvalue weighted by Crippen LogP contribution is -2.29. The number of hydrogen-bond donors (Lipinski definition) is 1. The van der Waals surface area contributed by atoms with Crippen LogP contribution in [0.25, 0.3) is 0 Å². The number of β-amino-alcohol motifs (C(OH)–C–C–N with tert-alkyl or cyclic N) is 1. The lowest BCUT2D eigenvalue weighted by molar-refractivity contribution is -0.152. The van der Waals surface area contributed by atoms with Crippen LogP contribution < -0.4 is 0 Å². The molecular formula is C23H41NO3. The predicted octanol–water partition coefficient (Wildman–Crippen LogP) is 5.02. The molecule has 1 rings (SSSR count). The summed E-state index contributed by atoms with van der Waals surface area (Å²) in [6.45, 7) is 3.46. The molecule has 0 aromatic heterocycles. The molecule has 0 aliphatic carbocycles. The molecule has 27 heavy (non-hydrogen) atoms. The Morgan fingerprint density at radius 1 is 0.963 bits per heavy atom. The van der Waals surface area contributed by atoms with Crippen LogP contribution in [0.5, 0.6) is 0 Å². The van der Waals surface area contributed by atoms with Crippen LogP contribution in [0.15, 0.2) is 24.3 Å². The monoisotopic (exact) mass is 379 g/mol. The number of rotatable bonds is 15. The highest BCUT2D eigenvalue weighted by atomic mass is 16.6. The summed E-state index contributed by atoms with van der Waals surface area (Å²) in [7, 11) is 1.93. The molecule has 1 N–H and O–H groups in total. The van der Waals surface area contributed by atoms with Crippen LogP contribution in [-0.2, 0) is 9.53 Å². The zero-order valence-corrected chi connectivity index (χ0v) is 17.6. The fourth-order valence-corrected chi connectivity index (χ4v) is 3.36. The van der Waals surface area contributed by atoms with Crippen LogP contribution in [0.4, 0.5) is 0 Å². The Balaban J connectivity index is 1.87. The van der Waals surface area contributed by atoms with E-state index in [2.05, 4.69) is 31.2 Å². The first-order chi connectivity index (χ1) is 13.1. The molecule has 0 aromatic rings. The number of aliphatic hydroxyl groups excluding tert-OH is 1. The summed E-state index contributed by atoms with van der Waals surface area (Å²) in [5.41, 5.74) is 0. The highest BCUT2D eigenvalue weighted by Crippen LogP contribution is 2.14. The predicted molar refractivity (Wildman–Crippen MR) is 113 cm³/mol. The summed E-state index contributed by atoms with van der Waals surface area (Å²) >= 11 is 0. The number of carbonyl (C=O) groups is 1. The van der Waals surface area contributed by atoms with Crippen LogP contribution in [0.1, 0.15) is 84.0 Å². The Kier molecular flexibility index (Phi) is 14.1. The SMILES string of the molecule is CCCCC/C=C\C/C=C\CCCCCCCC(=O)O[C@H]1CN(C)C[C@H]1O. The van der Waals surface area contributed by atoms with Gasteiger partial charge >= 0.3 is 5.97 Å². The van der Waals surface area contributed by atoms with Gasteiger partial charge in [-0.15, -0.1) is 0 Å². The average molecular weight is 380 g/mol. The first-order valence-corrected chi connectivity index (χ1v) is 11.0. The summed E-state index contributed by atoms with van der Waals surface area (Å²) in [6, 6.07) is 0. The second kappa shape index (κ2) is 15.9. The molecule has 0 spiro atoms. The van der Waals surface area contributed by atoms with Crippen LogP contribution in [0.3, 0.4) is 0 Å². The van der Waals surface area contributed by atoms with Crippen molar-refractivity contribution in [2.24, 2.45) is 0 Å². The van der Waals surface area contributed by atoms with Gasteiger partial charge in [0.05, 0.1) is 0 Å². The van der Waals surface area contributed by atoms with Crippen molar-refractivity contribution in [3.8, 4) is 0 Å². The topological polar surface area (TPSA) is 49.8 Å². The highest BCUT2D eigenvalue weighted by molar-refractivity contribution is 5.69. The van der Waals surface area contributed by atoms with E-state index in [1.807, 2.05) is 11.9 Å². The van der Waals surface area contributed by atoms with E-state index in [1.165, 1.54) is 44.9 Å². The Hall–Kier alpha value is -1.13. The molecule has 1 saturated heterocycles. The second-order valence-corrected chi connectivity index (χ2v) is 7.80. The van der Waals surface area contributed by atoms with Gasteiger partial charge in [-0.25, -0.2) is 0 Å². The number of esters is 1. The molecule has 0 unspecified atom stereocenters. The smallest absolute Gasteiger partial charge is 0.306 e. The van der Waals surface area contributed by atoms with Gasteiger partial charge in [0.25, 0.3) is 0 Å². The van der Waals surface area contributed by atoms with Gasteiger partial charge in [-0.05, 0) is 45.6 Å². The largest absolute Gasteiger partial charge is 0.458 e. The maximum Gasteiger partial charge on any atom is 0.306 e. The normalized spacial score (nSPS) is 20.9. The third kappa shape index (κ3) is 12.8. The quantitative estimate of drug-likeness (QED) is 0.247. The van der Waals surface area contributed by atoms with Crippen molar-refractivity contribution in [1.82, 2.24) is 4.90 Å². The molecule has 0 aromatic carbocycles. The van der Waals surface area contributed by atoms with Gasteiger partial charge in [0.1, 0.15) is 12.2 Å². The number of unbranched alkanes of at least 4 members (excludes halogenated alkanes) is 8. The molecule has 0 saturated carbocycles. The van der Waals surface area contributed by atoms with E-state index < -0.39 is 6.10 Å². The molecule has 1 aliphatic heterocycles. The number of aliphatic hydroxyl groups is 1. The van der Waals surface area contributed by atoms with Crippen LogP contribution in [0, 0.1) is 0 Å². The number of allylic oxidation sites excluding steroid dienone is 4. The summed E-state index contributed by atoms with van der Waals surface area (Å²) in [4.78, 5) is 13.8. The third-order valence-corrected chi connectivity index (χ3v) is 5.03. The van der Waals surface area contributed by atoms with Gasteiger partial charge in [0, 0.05) is 19.5 Å². The highest BCUT2D eigenvalue weighted by Gasteiger charge is 2.31. The summed E-state index contributed by atoms with van der Waals surface area (Å²) < 4.78 is 5.37. The van der Waals surface area contributed by atoms with E-state index in [0.29, 0.717) is 19.5 Å². The molecule has 0 bridgehead atoms. The lowest BCUT2D eigenvalue weighted by Gasteiger charge is -2.14. The molecule has 1 aliphatic rings. The Morgan fingerprint density at radius 3 is 2.22 bits per heavy atom. The molecule has 0 radical (unpaired) electrons. The van der Waals surface area contributed by atoms with E-state index in [-0.39, 0.29) is 12.1 Å².